The van der Waals surface area contributed by atoms with Gasteiger partial charge in [-0.05, 0) is 51.4 Å². The molecule has 2 unspecified atom stereocenters. The van der Waals surface area contributed by atoms with Crippen LogP contribution < -0.4 is 5.32 Å². The SMILES string of the molecule is CCCCCCCCCCCCCCCCCCC(=O)OCCCCCCCCCCCCCCCCCCCC/C=C\CCCCCCCCCCCCCCCCCCCC(=O)NC(CO)C(O)CCCCCCCCCCCCCC. The molecule has 0 saturated heterocycles. The predicted octanol–water partition coefficient (Wildman–Crippen LogP) is 25.5. The highest BCUT2D eigenvalue weighted by Gasteiger charge is 2.20. The van der Waals surface area contributed by atoms with E-state index in [0.717, 1.165) is 38.5 Å². The summed E-state index contributed by atoms with van der Waals surface area (Å²) >= 11 is 0. The molecule has 84 heavy (non-hydrogen) atoms. The Morgan fingerprint density at radius 1 is 0.321 bits per heavy atom. The van der Waals surface area contributed by atoms with E-state index >= 15 is 0 Å². The molecule has 0 aromatic rings. The van der Waals surface area contributed by atoms with Crippen LogP contribution >= 0.6 is 0 Å². The Labute approximate surface area is 527 Å². The average molecular weight is 1190 g/mol. The minimum atomic E-state index is -0.659. The summed E-state index contributed by atoms with van der Waals surface area (Å²) < 4.78 is 5.51. The molecule has 0 radical (unpaired) electrons. The molecule has 1 amide bonds. The lowest BCUT2D eigenvalue weighted by Crippen LogP contribution is -2.45. The monoisotopic (exact) mass is 1180 g/mol. The molecule has 6 heteroatoms. The fourth-order valence-electron chi connectivity index (χ4n) is 12.6. The first-order valence-electron chi connectivity index (χ1n) is 38.9. The van der Waals surface area contributed by atoms with Crippen molar-refractivity contribution in [1.29, 1.82) is 0 Å². The number of aliphatic hydroxyl groups is 2. The molecule has 0 aliphatic carbocycles. The number of rotatable bonds is 74. The first-order chi connectivity index (χ1) is 41.5. The zero-order chi connectivity index (χ0) is 60.6. The minimum absolute atomic E-state index is 0.0270. The second-order valence-corrected chi connectivity index (χ2v) is 27.0. The molecular formula is C78H153NO5. The molecule has 0 aliphatic heterocycles. The summed E-state index contributed by atoms with van der Waals surface area (Å²) in [4.78, 5) is 24.6. The number of carbonyl (C=O) groups excluding carboxylic acids is 2. The van der Waals surface area contributed by atoms with Crippen LogP contribution in [0, 0.1) is 0 Å². The van der Waals surface area contributed by atoms with Gasteiger partial charge >= 0.3 is 5.97 Å². The number of hydrogen-bond acceptors (Lipinski definition) is 5. The lowest BCUT2D eigenvalue weighted by Gasteiger charge is -2.22. The van der Waals surface area contributed by atoms with E-state index in [9.17, 15) is 19.8 Å². The van der Waals surface area contributed by atoms with Gasteiger partial charge in [-0.1, -0.05) is 398 Å². The maximum Gasteiger partial charge on any atom is 0.305 e. The zero-order valence-corrected chi connectivity index (χ0v) is 57.4. The molecule has 0 spiro atoms. The van der Waals surface area contributed by atoms with Crippen LogP contribution in [-0.4, -0.2) is 47.4 Å². The Hall–Kier alpha value is -1.40. The van der Waals surface area contributed by atoms with Gasteiger partial charge in [0.25, 0.3) is 0 Å². The number of ether oxygens (including phenoxy) is 1. The van der Waals surface area contributed by atoms with Gasteiger partial charge in [0.15, 0.2) is 0 Å². The van der Waals surface area contributed by atoms with E-state index in [2.05, 4.69) is 31.3 Å². The molecule has 2 atom stereocenters. The van der Waals surface area contributed by atoms with E-state index in [1.807, 2.05) is 0 Å². The first-order valence-corrected chi connectivity index (χ1v) is 38.9. The van der Waals surface area contributed by atoms with E-state index in [1.54, 1.807) is 0 Å². The van der Waals surface area contributed by atoms with Gasteiger partial charge in [0.05, 0.1) is 25.4 Å². The van der Waals surface area contributed by atoms with Gasteiger partial charge in [-0.25, -0.2) is 0 Å². The highest BCUT2D eigenvalue weighted by atomic mass is 16.5. The summed E-state index contributed by atoms with van der Waals surface area (Å²) in [6.07, 6.45) is 93.2. The second kappa shape index (κ2) is 74.1. The van der Waals surface area contributed by atoms with Crippen LogP contribution in [0.3, 0.4) is 0 Å². The van der Waals surface area contributed by atoms with Crippen LogP contribution in [0.2, 0.25) is 0 Å². The van der Waals surface area contributed by atoms with E-state index in [4.69, 9.17) is 4.74 Å². The lowest BCUT2D eigenvalue weighted by molar-refractivity contribution is -0.143. The molecule has 3 N–H and O–H groups in total. The minimum Gasteiger partial charge on any atom is -0.466 e. The largest absolute Gasteiger partial charge is 0.466 e. The number of carbonyl (C=O) groups is 2. The molecule has 0 rings (SSSR count). The quantitative estimate of drug-likeness (QED) is 0.0320. The van der Waals surface area contributed by atoms with Crippen LogP contribution in [0.4, 0.5) is 0 Å². The Bertz CT molecular complexity index is 1270. The summed E-state index contributed by atoms with van der Waals surface area (Å²) in [6, 6.07) is -0.536. The summed E-state index contributed by atoms with van der Waals surface area (Å²) in [5.41, 5.74) is 0. The fourth-order valence-corrected chi connectivity index (χ4v) is 12.6. The summed E-state index contributed by atoms with van der Waals surface area (Å²) in [7, 11) is 0. The molecule has 0 saturated carbocycles. The number of nitrogens with one attached hydrogen (secondary N) is 1. The topological polar surface area (TPSA) is 95.9 Å². The Morgan fingerprint density at radius 2 is 0.560 bits per heavy atom. The van der Waals surface area contributed by atoms with E-state index in [1.165, 1.54) is 379 Å². The molecule has 0 aromatic carbocycles. The number of unbranched alkanes of at least 4 members (excludes halogenated alkanes) is 61. The highest BCUT2D eigenvalue weighted by molar-refractivity contribution is 5.76. The van der Waals surface area contributed by atoms with Gasteiger partial charge in [-0.15, -0.1) is 0 Å². The van der Waals surface area contributed by atoms with Gasteiger partial charge in [0.1, 0.15) is 0 Å². The molecule has 0 bridgehead atoms. The standard InChI is InChI=1S/C78H153NO5/c1-3-5-7-9-11-13-15-17-18-45-48-52-56-60-64-68-72-78(83)84-73-69-65-61-57-53-49-46-43-41-39-37-35-33-31-29-27-25-23-21-19-20-22-24-26-28-30-32-34-36-38-40-42-44-47-51-55-59-63-67-71-77(82)79-75(74-80)76(81)70-66-62-58-54-50-16-14-12-10-8-6-4-2/h19-20,75-76,80-81H,3-18,21-74H2,1-2H3,(H,79,82)/b20-19-. The maximum absolute atomic E-state index is 12.5. The van der Waals surface area contributed by atoms with Crippen LogP contribution in [0.5, 0.6) is 0 Å². The van der Waals surface area contributed by atoms with Crippen LogP contribution in [0.1, 0.15) is 450 Å². The molecular weight excluding hydrogens is 1030 g/mol. The number of hydrogen-bond donors (Lipinski definition) is 3. The zero-order valence-electron chi connectivity index (χ0n) is 57.4. The van der Waals surface area contributed by atoms with Crippen molar-refractivity contribution < 1.29 is 24.5 Å². The second-order valence-electron chi connectivity index (χ2n) is 27.0. The van der Waals surface area contributed by atoms with Gasteiger partial charge < -0.3 is 20.3 Å². The van der Waals surface area contributed by atoms with Gasteiger partial charge in [-0.3, -0.25) is 9.59 Å². The number of amides is 1. The van der Waals surface area contributed by atoms with Gasteiger partial charge in [0.2, 0.25) is 5.91 Å². The average Bonchev–Trinajstić information content (AvgIpc) is 3.50. The van der Waals surface area contributed by atoms with Gasteiger partial charge in [0, 0.05) is 12.8 Å². The third-order valence-corrected chi connectivity index (χ3v) is 18.6. The summed E-state index contributed by atoms with van der Waals surface area (Å²) in [5, 5.41) is 23.3. The Morgan fingerprint density at radius 3 is 0.845 bits per heavy atom. The van der Waals surface area contributed by atoms with Crippen LogP contribution in [0.25, 0.3) is 0 Å². The van der Waals surface area contributed by atoms with Crippen molar-refractivity contribution in [2.45, 2.75) is 463 Å². The Kier molecular flexibility index (Phi) is 72.8. The normalized spacial score (nSPS) is 12.5. The van der Waals surface area contributed by atoms with Crippen LogP contribution in [0.15, 0.2) is 12.2 Å². The van der Waals surface area contributed by atoms with Crippen molar-refractivity contribution >= 4 is 11.9 Å². The molecule has 500 valence electrons. The van der Waals surface area contributed by atoms with Crippen molar-refractivity contribution in [3.8, 4) is 0 Å². The molecule has 6 nitrogen and oxygen atoms in total. The number of allylic oxidation sites excluding steroid dienone is 2. The predicted molar refractivity (Wildman–Crippen MR) is 370 cm³/mol. The third kappa shape index (κ3) is 69.7. The third-order valence-electron chi connectivity index (χ3n) is 18.6. The Balaban J connectivity index is 3.29. The summed E-state index contributed by atoms with van der Waals surface area (Å²) in [5.74, 6) is -0.00134. The van der Waals surface area contributed by atoms with E-state index < -0.39 is 12.1 Å². The van der Waals surface area contributed by atoms with Crippen molar-refractivity contribution in [3.63, 3.8) is 0 Å². The van der Waals surface area contributed by atoms with Crippen molar-refractivity contribution in [1.82, 2.24) is 5.32 Å². The van der Waals surface area contributed by atoms with Crippen molar-refractivity contribution in [3.05, 3.63) is 12.2 Å². The molecule has 0 fully saturated rings. The first kappa shape index (κ1) is 82.6. The maximum atomic E-state index is 12.5. The lowest BCUT2D eigenvalue weighted by atomic mass is 10.0. The molecule has 0 heterocycles. The van der Waals surface area contributed by atoms with E-state index in [-0.39, 0.29) is 18.5 Å². The number of esters is 1. The highest BCUT2D eigenvalue weighted by Crippen LogP contribution is 2.20. The van der Waals surface area contributed by atoms with E-state index in [0.29, 0.717) is 25.9 Å². The van der Waals surface area contributed by atoms with Gasteiger partial charge in [-0.2, -0.15) is 0 Å². The van der Waals surface area contributed by atoms with Crippen molar-refractivity contribution in [2.24, 2.45) is 0 Å². The fraction of sp³-hybridized carbons (Fsp3) is 0.949. The summed E-state index contributed by atoms with van der Waals surface area (Å²) in [6.45, 7) is 5.00. The van der Waals surface area contributed by atoms with Crippen molar-refractivity contribution in [2.75, 3.05) is 13.2 Å². The molecule has 0 aromatic heterocycles. The number of aliphatic hydroxyl groups excluding tert-OH is 2. The smallest absolute Gasteiger partial charge is 0.305 e. The molecule has 0 aliphatic rings. The van der Waals surface area contributed by atoms with Crippen LogP contribution in [-0.2, 0) is 14.3 Å².